The van der Waals surface area contributed by atoms with Crippen LogP contribution < -0.4 is 15.0 Å². The van der Waals surface area contributed by atoms with Gasteiger partial charge in [-0.2, -0.15) is 13.2 Å². The Morgan fingerprint density at radius 1 is 0.971 bits per heavy atom. The van der Waals surface area contributed by atoms with Gasteiger partial charge >= 0.3 is 12.1 Å². The molecule has 0 aliphatic heterocycles. The summed E-state index contributed by atoms with van der Waals surface area (Å²) < 4.78 is 50.2. The van der Waals surface area contributed by atoms with Crippen LogP contribution in [0, 0.1) is 0 Å². The summed E-state index contributed by atoms with van der Waals surface area (Å²) in [6.07, 6.45) is -2.50. The molecule has 0 bridgehead atoms. The Morgan fingerprint density at radius 2 is 1.65 bits per heavy atom. The second-order valence-electron chi connectivity index (χ2n) is 7.25. The van der Waals surface area contributed by atoms with Crippen molar-refractivity contribution in [2.75, 3.05) is 7.11 Å². The van der Waals surface area contributed by atoms with Crippen molar-refractivity contribution in [2.24, 2.45) is 0 Å². The summed E-state index contributed by atoms with van der Waals surface area (Å²) in [6.45, 7) is 0. The van der Waals surface area contributed by atoms with Crippen LogP contribution in [0.2, 0.25) is 0 Å². The molecule has 0 radical (unpaired) electrons. The fraction of sp³-hybridized carbons (Fsp3) is 0.0800. The van der Waals surface area contributed by atoms with E-state index in [1.807, 2.05) is 0 Å². The number of carbonyl (C=O) groups excluding carboxylic acids is 2. The number of carbonyl (C=O) groups is 2. The van der Waals surface area contributed by atoms with E-state index in [0.29, 0.717) is 23.1 Å². The van der Waals surface area contributed by atoms with Crippen molar-refractivity contribution < 1.29 is 32.2 Å². The van der Waals surface area contributed by atoms with E-state index < -0.39 is 23.3 Å². The fourth-order valence-corrected chi connectivity index (χ4v) is 3.41. The van der Waals surface area contributed by atoms with Gasteiger partial charge in [0, 0.05) is 17.4 Å². The Labute approximate surface area is 190 Å². The highest BCUT2D eigenvalue weighted by atomic mass is 19.4. The highest BCUT2D eigenvalue weighted by molar-refractivity contribution is 5.97. The molecular formula is C25H16F3NO5. The molecular weight excluding hydrogens is 451 g/mol. The number of methoxy groups -OCH3 is 1. The first-order valence-electron chi connectivity index (χ1n) is 9.90. The van der Waals surface area contributed by atoms with Crippen LogP contribution >= 0.6 is 0 Å². The molecule has 0 saturated heterocycles. The molecule has 4 rings (SSSR count). The van der Waals surface area contributed by atoms with E-state index >= 15 is 0 Å². The lowest BCUT2D eigenvalue weighted by atomic mass is 10.1. The summed E-state index contributed by atoms with van der Waals surface area (Å²) in [6, 6.07) is 14.4. The van der Waals surface area contributed by atoms with E-state index in [0.717, 1.165) is 24.3 Å². The van der Waals surface area contributed by atoms with Crippen LogP contribution in [0.5, 0.6) is 11.5 Å². The Bertz CT molecular complexity index is 1440. The van der Waals surface area contributed by atoms with Gasteiger partial charge in [0.25, 0.3) is 5.56 Å². The number of hydrogen-bond donors (Lipinski definition) is 0. The van der Waals surface area contributed by atoms with Gasteiger partial charge in [-0.15, -0.1) is 0 Å². The van der Waals surface area contributed by atoms with Crippen molar-refractivity contribution in [3.8, 4) is 17.2 Å². The molecule has 0 unspecified atom stereocenters. The molecule has 172 valence electrons. The van der Waals surface area contributed by atoms with Gasteiger partial charge in [-0.05, 0) is 72.1 Å². The number of alkyl halides is 3. The number of rotatable bonds is 5. The predicted molar refractivity (Wildman–Crippen MR) is 118 cm³/mol. The number of ether oxygens (including phenoxy) is 2. The zero-order valence-electron chi connectivity index (χ0n) is 17.6. The zero-order chi connectivity index (χ0) is 24.5. The second-order valence-corrected chi connectivity index (χ2v) is 7.25. The van der Waals surface area contributed by atoms with Crippen LogP contribution in [0.4, 0.5) is 13.2 Å². The first-order chi connectivity index (χ1) is 16.2. The lowest BCUT2D eigenvalue weighted by Crippen LogP contribution is -2.19. The molecule has 0 aliphatic carbocycles. The van der Waals surface area contributed by atoms with Crippen molar-refractivity contribution in [3.05, 3.63) is 100.0 Å². The van der Waals surface area contributed by atoms with Crippen LogP contribution in [0.25, 0.3) is 16.5 Å². The maximum absolute atomic E-state index is 13.3. The first kappa shape index (κ1) is 22.8. The highest BCUT2D eigenvalue weighted by Crippen LogP contribution is 2.30. The SMILES string of the molecule is COc1ccc(-n2ccc3cc(C=O)cc(OC(=O)c4ccc(C(F)(F)F)cc4)c3c2=O)cc1. The van der Waals surface area contributed by atoms with E-state index in [-0.39, 0.29) is 22.3 Å². The van der Waals surface area contributed by atoms with E-state index in [4.69, 9.17) is 9.47 Å². The molecule has 34 heavy (non-hydrogen) atoms. The molecule has 3 aromatic carbocycles. The van der Waals surface area contributed by atoms with E-state index in [1.54, 1.807) is 30.3 Å². The summed E-state index contributed by atoms with van der Waals surface area (Å²) in [7, 11) is 1.51. The largest absolute Gasteiger partial charge is 0.497 e. The smallest absolute Gasteiger partial charge is 0.416 e. The van der Waals surface area contributed by atoms with Gasteiger partial charge in [-0.1, -0.05) is 0 Å². The lowest BCUT2D eigenvalue weighted by molar-refractivity contribution is -0.137. The zero-order valence-corrected chi connectivity index (χ0v) is 17.6. The molecule has 1 heterocycles. The van der Waals surface area contributed by atoms with Gasteiger partial charge in [-0.3, -0.25) is 14.2 Å². The summed E-state index contributed by atoms with van der Waals surface area (Å²) in [5.74, 6) is -0.561. The molecule has 1 aromatic heterocycles. The van der Waals surface area contributed by atoms with Crippen LogP contribution in [0.3, 0.4) is 0 Å². The molecule has 0 amide bonds. The van der Waals surface area contributed by atoms with Crippen molar-refractivity contribution in [1.82, 2.24) is 4.57 Å². The number of fused-ring (bicyclic) bond motifs is 1. The Kier molecular flexibility index (Phi) is 5.93. The van der Waals surface area contributed by atoms with E-state index in [9.17, 15) is 27.6 Å². The molecule has 9 heteroatoms. The molecule has 6 nitrogen and oxygen atoms in total. The molecule has 0 aliphatic rings. The molecule has 4 aromatic rings. The number of pyridine rings is 1. The Hall–Kier alpha value is -4.40. The third kappa shape index (κ3) is 4.40. The number of halogens is 3. The van der Waals surface area contributed by atoms with Gasteiger partial charge in [0.15, 0.2) is 0 Å². The van der Waals surface area contributed by atoms with Crippen molar-refractivity contribution >= 4 is 23.0 Å². The number of benzene rings is 3. The topological polar surface area (TPSA) is 74.6 Å². The predicted octanol–water partition coefficient (Wildman–Crippen LogP) is 5.05. The van der Waals surface area contributed by atoms with Crippen LogP contribution in [-0.2, 0) is 6.18 Å². The number of aromatic nitrogens is 1. The standard InChI is InChI=1S/C25H16F3NO5/c1-33-20-8-6-19(7-9-20)29-11-10-17-12-15(14-30)13-21(22(17)23(29)31)34-24(32)16-2-4-18(5-3-16)25(26,27)28/h2-14H,1H3. The van der Waals surface area contributed by atoms with Crippen molar-refractivity contribution in [3.63, 3.8) is 0 Å². The summed E-state index contributed by atoms with van der Waals surface area (Å²) in [4.78, 5) is 37.3. The highest BCUT2D eigenvalue weighted by Gasteiger charge is 2.30. The van der Waals surface area contributed by atoms with E-state index in [2.05, 4.69) is 0 Å². The quantitative estimate of drug-likeness (QED) is 0.233. The van der Waals surface area contributed by atoms with Crippen LogP contribution in [0.1, 0.15) is 26.3 Å². The maximum Gasteiger partial charge on any atom is 0.416 e. The Balaban J connectivity index is 1.78. The average Bonchev–Trinajstić information content (AvgIpc) is 2.83. The third-order valence-electron chi connectivity index (χ3n) is 5.13. The summed E-state index contributed by atoms with van der Waals surface area (Å²) in [5.41, 5.74) is -0.907. The molecule has 0 N–H and O–H groups in total. The minimum absolute atomic E-state index is 0.0316. The van der Waals surface area contributed by atoms with Crippen molar-refractivity contribution in [2.45, 2.75) is 6.18 Å². The van der Waals surface area contributed by atoms with E-state index in [1.165, 1.54) is 30.0 Å². The average molecular weight is 467 g/mol. The van der Waals surface area contributed by atoms with Gasteiger partial charge in [0.05, 0.1) is 23.6 Å². The van der Waals surface area contributed by atoms with Crippen LogP contribution in [-0.4, -0.2) is 23.9 Å². The Morgan fingerprint density at radius 3 is 2.24 bits per heavy atom. The number of nitrogens with zero attached hydrogens (tertiary/aromatic N) is 1. The van der Waals surface area contributed by atoms with Crippen LogP contribution in [0.15, 0.2) is 77.7 Å². The molecule has 0 spiro atoms. The van der Waals surface area contributed by atoms with Gasteiger partial charge < -0.3 is 9.47 Å². The minimum atomic E-state index is -4.55. The number of aldehydes is 1. The second kappa shape index (κ2) is 8.86. The molecule has 0 saturated carbocycles. The fourth-order valence-electron chi connectivity index (χ4n) is 3.41. The normalized spacial score (nSPS) is 11.3. The minimum Gasteiger partial charge on any atom is -0.497 e. The molecule has 0 fully saturated rings. The van der Waals surface area contributed by atoms with Gasteiger partial charge in [0.1, 0.15) is 17.8 Å². The summed E-state index contributed by atoms with van der Waals surface area (Å²) >= 11 is 0. The monoisotopic (exact) mass is 467 g/mol. The lowest BCUT2D eigenvalue weighted by Gasteiger charge is -2.12. The molecule has 0 atom stereocenters. The van der Waals surface area contributed by atoms with Crippen molar-refractivity contribution in [1.29, 1.82) is 0 Å². The first-order valence-corrected chi connectivity index (χ1v) is 9.90. The van der Waals surface area contributed by atoms with Gasteiger partial charge in [0.2, 0.25) is 0 Å². The third-order valence-corrected chi connectivity index (χ3v) is 5.13. The maximum atomic E-state index is 13.3. The number of hydrogen-bond acceptors (Lipinski definition) is 5. The summed E-state index contributed by atoms with van der Waals surface area (Å²) in [5, 5.41) is 0.388. The number of esters is 1. The van der Waals surface area contributed by atoms with Gasteiger partial charge in [-0.25, -0.2) is 4.79 Å².